The van der Waals surface area contributed by atoms with Gasteiger partial charge >= 0.3 is 0 Å². The van der Waals surface area contributed by atoms with Crippen molar-refractivity contribution in [1.82, 2.24) is 10.6 Å². The summed E-state index contributed by atoms with van der Waals surface area (Å²) in [6.45, 7) is -0.380. The zero-order valence-corrected chi connectivity index (χ0v) is 11.3. The Morgan fingerprint density at radius 1 is 1.40 bits per heavy atom. The molecule has 0 aliphatic carbocycles. The number of benzene rings is 1. The molecule has 1 aromatic rings. The lowest BCUT2D eigenvalue weighted by molar-refractivity contribution is -0.119. The summed E-state index contributed by atoms with van der Waals surface area (Å²) in [6, 6.07) is 4.72. The minimum atomic E-state index is -0.386. The molecule has 2 amide bonds. The monoisotopic (exact) mass is 276 g/mol. The van der Waals surface area contributed by atoms with Gasteiger partial charge in [-0.05, 0) is 18.2 Å². The molecule has 0 spiro atoms. The van der Waals surface area contributed by atoms with Gasteiger partial charge in [0, 0.05) is 12.6 Å². The first-order chi connectivity index (χ1) is 9.62. The molecule has 0 saturated carbocycles. The van der Waals surface area contributed by atoms with E-state index in [1.54, 1.807) is 18.2 Å². The van der Waals surface area contributed by atoms with Gasteiger partial charge in [-0.2, -0.15) is 0 Å². The van der Waals surface area contributed by atoms with Crippen LogP contribution in [-0.2, 0) is 4.79 Å². The molecule has 6 nitrogen and oxygen atoms in total. The van der Waals surface area contributed by atoms with Gasteiger partial charge in [-0.3, -0.25) is 9.59 Å². The quantitative estimate of drug-likeness (QED) is 0.648. The standard InChI is InChI=1S/C14H16N2O4/c1-15-13(18)9-16-14(19)11-5-6-12(20-2)10(8-11)4-3-7-17/h5-6,8,17H,7,9H2,1-2H3,(H,15,18)(H,16,19). The molecule has 0 aliphatic heterocycles. The van der Waals surface area contributed by atoms with E-state index in [-0.39, 0.29) is 25.0 Å². The fraction of sp³-hybridized carbons (Fsp3) is 0.286. The minimum Gasteiger partial charge on any atom is -0.495 e. The van der Waals surface area contributed by atoms with E-state index in [0.717, 1.165) is 0 Å². The lowest BCUT2D eigenvalue weighted by atomic mass is 10.1. The van der Waals surface area contributed by atoms with E-state index in [1.165, 1.54) is 14.2 Å². The lowest BCUT2D eigenvalue weighted by Gasteiger charge is -2.07. The molecule has 3 N–H and O–H groups in total. The van der Waals surface area contributed by atoms with Crippen LogP contribution in [-0.4, -0.2) is 44.2 Å². The Labute approximate surface area is 117 Å². The molecule has 1 rings (SSSR count). The van der Waals surface area contributed by atoms with Gasteiger partial charge in [0.05, 0.1) is 19.2 Å². The Morgan fingerprint density at radius 3 is 2.75 bits per heavy atom. The molecule has 0 aliphatic rings. The first-order valence-corrected chi connectivity index (χ1v) is 5.89. The van der Waals surface area contributed by atoms with Gasteiger partial charge in [0.2, 0.25) is 5.91 Å². The van der Waals surface area contributed by atoms with Gasteiger partial charge in [0.25, 0.3) is 5.91 Å². The van der Waals surface area contributed by atoms with Gasteiger partial charge in [-0.15, -0.1) is 0 Å². The third-order valence-corrected chi connectivity index (χ3v) is 2.45. The van der Waals surface area contributed by atoms with E-state index in [4.69, 9.17) is 9.84 Å². The topological polar surface area (TPSA) is 87.7 Å². The van der Waals surface area contributed by atoms with Crippen molar-refractivity contribution in [3.8, 4) is 17.6 Å². The van der Waals surface area contributed by atoms with Crippen LogP contribution in [0.15, 0.2) is 18.2 Å². The summed E-state index contributed by atoms with van der Waals surface area (Å²) in [5.41, 5.74) is 0.853. The highest BCUT2D eigenvalue weighted by Gasteiger charge is 2.10. The molecular formula is C14H16N2O4. The Bertz CT molecular complexity index is 558. The van der Waals surface area contributed by atoms with E-state index in [2.05, 4.69) is 22.5 Å². The van der Waals surface area contributed by atoms with Gasteiger partial charge < -0.3 is 20.5 Å². The number of carbonyl (C=O) groups excluding carboxylic acids is 2. The summed E-state index contributed by atoms with van der Waals surface area (Å²) in [5, 5.41) is 13.6. The van der Waals surface area contributed by atoms with Crippen LogP contribution in [0.2, 0.25) is 0 Å². The Kier molecular flexibility index (Phi) is 6.07. The first kappa shape index (κ1) is 15.5. The average molecular weight is 276 g/mol. The number of aliphatic hydroxyl groups excluding tert-OH is 1. The Balaban J connectivity index is 2.90. The molecule has 6 heteroatoms. The highest BCUT2D eigenvalue weighted by Crippen LogP contribution is 2.18. The van der Waals surface area contributed by atoms with Crippen LogP contribution in [0.4, 0.5) is 0 Å². The first-order valence-electron chi connectivity index (χ1n) is 5.89. The SMILES string of the molecule is CNC(=O)CNC(=O)c1ccc(OC)c(C#CCO)c1. The van der Waals surface area contributed by atoms with Crippen molar-refractivity contribution >= 4 is 11.8 Å². The molecule has 0 aromatic heterocycles. The van der Waals surface area contributed by atoms with Gasteiger partial charge in [-0.25, -0.2) is 0 Å². The van der Waals surface area contributed by atoms with Crippen LogP contribution in [0.3, 0.4) is 0 Å². The maximum atomic E-state index is 11.9. The van der Waals surface area contributed by atoms with Crippen molar-refractivity contribution in [1.29, 1.82) is 0 Å². The number of likely N-dealkylation sites (N-methyl/N-ethyl adjacent to an activating group) is 1. The smallest absolute Gasteiger partial charge is 0.251 e. The van der Waals surface area contributed by atoms with Crippen molar-refractivity contribution in [2.24, 2.45) is 0 Å². The maximum absolute atomic E-state index is 11.9. The number of amides is 2. The number of methoxy groups -OCH3 is 1. The predicted molar refractivity (Wildman–Crippen MR) is 73.4 cm³/mol. The molecule has 0 atom stereocenters. The molecule has 0 unspecified atom stereocenters. The number of carbonyl (C=O) groups is 2. The molecule has 0 radical (unpaired) electrons. The molecule has 0 fully saturated rings. The highest BCUT2D eigenvalue weighted by molar-refractivity contribution is 5.97. The number of aliphatic hydroxyl groups is 1. The zero-order chi connectivity index (χ0) is 15.0. The van der Waals surface area contributed by atoms with Crippen molar-refractivity contribution < 1.29 is 19.4 Å². The number of ether oxygens (including phenoxy) is 1. The molecule has 20 heavy (non-hydrogen) atoms. The maximum Gasteiger partial charge on any atom is 0.251 e. The lowest BCUT2D eigenvalue weighted by Crippen LogP contribution is -2.35. The van der Waals surface area contributed by atoms with Crippen molar-refractivity contribution in [2.45, 2.75) is 0 Å². The van der Waals surface area contributed by atoms with Crippen LogP contribution >= 0.6 is 0 Å². The highest BCUT2D eigenvalue weighted by atomic mass is 16.5. The number of nitrogens with one attached hydrogen (secondary N) is 2. The number of rotatable bonds is 4. The van der Waals surface area contributed by atoms with E-state index in [1.807, 2.05) is 0 Å². The van der Waals surface area contributed by atoms with Crippen molar-refractivity contribution in [3.05, 3.63) is 29.3 Å². The van der Waals surface area contributed by atoms with Crippen LogP contribution in [0.25, 0.3) is 0 Å². The summed E-state index contributed by atoms with van der Waals surface area (Å²) in [6.07, 6.45) is 0. The largest absolute Gasteiger partial charge is 0.495 e. The Morgan fingerprint density at radius 2 is 2.15 bits per heavy atom. The third kappa shape index (κ3) is 4.30. The fourth-order valence-corrected chi connectivity index (χ4v) is 1.43. The van der Waals surface area contributed by atoms with Gasteiger partial charge in [-0.1, -0.05) is 11.8 Å². The van der Waals surface area contributed by atoms with Crippen molar-refractivity contribution in [2.75, 3.05) is 27.3 Å². The van der Waals surface area contributed by atoms with E-state index >= 15 is 0 Å². The van der Waals surface area contributed by atoms with E-state index in [9.17, 15) is 9.59 Å². The van der Waals surface area contributed by atoms with E-state index in [0.29, 0.717) is 16.9 Å². The van der Waals surface area contributed by atoms with Crippen LogP contribution < -0.4 is 15.4 Å². The van der Waals surface area contributed by atoms with E-state index < -0.39 is 0 Å². The van der Waals surface area contributed by atoms with Crippen LogP contribution in [0.5, 0.6) is 5.75 Å². The predicted octanol–water partition coefficient (Wildman–Crippen LogP) is -0.485. The van der Waals surface area contributed by atoms with Gasteiger partial charge in [0.15, 0.2) is 0 Å². The van der Waals surface area contributed by atoms with Gasteiger partial charge in [0.1, 0.15) is 12.4 Å². The second-order valence-electron chi connectivity index (χ2n) is 3.73. The van der Waals surface area contributed by atoms with Crippen molar-refractivity contribution in [3.63, 3.8) is 0 Å². The Hall–Kier alpha value is -2.52. The third-order valence-electron chi connectivity index (χ3n) is 2.45. The molecular weight excluding hydrogens is 260 g/mol. The number of hydrogen-bond donors (Lipinski definition) is 3. The molecule has 0 saturated heterocycles. The zero-order valence-electron chi connectivity index (χ0n) is 11.3. The molecule has 0 heterocycles. The average Bonchev–Trinajstić information content (AvgIpc) is 2.49. The minimum absolute atomic E-state index is 0.0982. The second kappa shape index (κ2) is 7.81. The summed E-state index contributed by atoms with van der Waals surface area (Å²) >= 11 is 0. The second-order valence-corrected chi connectivity index (χ2v) is 3.73. The summed E-state index contributed by atoms with van der Waals surface area (Å²) in [5.74, 6) is 5.03. The molecule has 1 aromatic carbocycles. The summed E-state index contributed by atoms with van der Waals surface area (Å²) in [4.78, 5) is 22.9. The molecule has 106 valence electrons. The number of hydrogen-bond acceptors (Lipinski definition) is 4. The van der Waals surface area contributed by atoms with Crippen LogP contribution in [0, 0.1) is 11.8 Å². The summed E-state index contributed by atoms with van der Waals surface area (Å²) in [7, 11) is 2.98. The normalized spacial score (nSPS) is 9.15. The summed E-state index contributed by atoms with van der Waals surface area (Å²) < 4.78 is 5.11. The van der Waals surface area contributed by atoms with Crippen LogP contribution in [0.1, 0.15) is 15.9 Å². The molecule has 0 bridgehead atoms. The fourth-order valence-electron chi connectivity index (χ4n) is 1.43.